The van der Waals surface area contributed by atoms with E-state index < -0.39 is 30.3 Å². The van der Waals surface area contributed by atoms with Gasteiger partial charge >= 0.3 is 18.2 Å². The van der Waals surface area contributed by atoms with Gasteiger partial charge < -0.3 is 15.3 Å². The average Bonchev–Trinajstić information content (AvgIpc) is 3.19. The minimum Gasteiger partial charge on any atom is -0.480 e. The third-order valence-corrected chi connectivity index (χ3v) is 3.03. The molecular weight excluding hydrogens is 289 g/mol. The van der Waals surface area contributed by atoms with Crippen molar-refractivity contribution in [3.05, 3.63) is 29.8 Å². The summed E-state index contributed by atoms with van der Waals surface area (Å²) in [5.41, 5.74) is -1.35. The van der Waals surface area contributed by atoms with Crippen molar-refractivity contribution in [3.63, 3.8) is 0 Å². The number of nitrogens with zero attached hydrogens (tertiary/aromatic N) is 1. The van der Waals surface area contributed by atoms with Gasteiger partial charge in [0.2, 0.25) is 0 Å². The predicted molar refractivity (Wildman–Crippen MR) is 67.8 cm³/mol. The molecule has 2 N–H and O–H groups in total. The molecule has 1 aliphatic carbocycles. The smallest absolute Gasteiger partial charge is 0.418 e. The molecule has 8 heteroatoms. The molecule has 21 heavy (non-hydrogen) atoms. The summed E-state index contributed by atoms with van der Waals surface area (Å²) in [5.74, 6) is -1.21. The van der Waals surface area contributed by atoms with Crippen molar-refractivity contribution in [2.45, 2.75) is 25.1 Å². The molecule has 0 saturated heterocycles. The number of para-hydroxylation sites is 1. The van der Waals surface area contributed by atoms with Crippen molar-refractivity contribution in [1.82, 2.24) is 4.90 Å². The van der Waals surface area contributed by atoms with E-state index in [9.17, 15) is 22.8 Å². The molecule has 1 fully saturated rings. The van der Waals surface area contributed by atoms with Crippen LogP contribution in [0.5, 0.6) is 0 Å². The van der Waals surface area contributed by atoms with Gasteiger partial charge in [-0.2, -0.15) is 13.2 Å². The Labute approximate surface area is 118 Å². The van der Waals surface area contributed by atoms with Crippen LogP contribution >= 0.6 is 0 Å². The maximum atomic E-state index is 12.8. The van der Waals surface area contributed by atoms with Gasteiger partial charge in [-0.3, -0.25) is 4.79 Å². The molecule has 0 aliphatic heterocycles. The Morgan fingerprint density at radius 1 is 1.29 bits per heavy atom. The lowest BCUT2D eigenvalue weighted by Crippen LogP contribution is -2.40. The summed E-state index contributed by atoms with van der Waals surface area (Å²) in [5, 5.41) is 10.9. The van der Waals surface area contributed by atoms with Gasteiger partial charge in [0.05, 0.1) is 11.3 Å². The molecule has 0 aromatic heterocycles. The molecule has 1 aliphatic rings. The quantitative estimate of drug-likeness (QED) is 0.898. The van der Waals surface area contributed by atoms with Crippen LogP contribution in [0, 0.1) is 0 Å². The number of hydrogen-bond acceptors (Lipinski definition) is 2. The maximum absolute atomic E-state index is 12.8. The molecule has 2 rings (SSSR count). The van der Waals surface area contributed by atoms with Crippen molar-refractivity contribution in [3.8, 4) is 0 Å². The third-order valence-electron chi connectivity index (χ3n) is 3.03. The molecule has 0 unspecified atom stereocenters. The Kier molecular flexibility index (Phi) is 4.06. The summed E-state index contributed by atoms with van der Waals surface area (Å²) in [6, 6.07) is 3.51. The first-order chi connectivity index (χ1) is 9.79. The van der Waals surface area contributed by atoms with E-state index in [0.717, 1.165) is 17.0 Å². The standard InChI is InChI=1S/C13H13F3N2O3/c14-13(15,16)9-3-1-2-4-10(9)17-12(21)18(7-11(19)20)8-5-6-8/h1-4,8H,5-7H2,(H,17,21)(H,19,20). The van der Waals surface area contributed by atoms with Crippen molar-refractivity contribution in [1.29, 1.82) is 0 Å². The monoisotopic (exact) mass is 302 g/mol. The van der Waals surface area contributed by atoms with Gasteiger partial charge in [-0.25, -0.2) is 4.79 Å². The zero-order valence-electron chi connectivity index (χ0n) is 10.9. The molecule has 0 atom stereocenters. The lowest BCUT2D eigenvalue weighted by Gasteiger charge is -2.22. The second-order valence-electron chi connectivity index (χ2n) is 4.73. The largest absolute Gasteiger partial charge is 0.480 e. The number of hydrogen-bond donors (Lipinski definition) is 2. The molecule has 1 aromatic rings. The van der Waals surface area contributed by atoms with Gasteiger partial charge in [0, 0.05) is 6.04 Å². The van der Waals surface area contributed by atoms with E-state index in [2.05, 4.69) is 5.32 Å². The number of rotatable bonds is 4. The Balaban J connectivity index is 2.17. The van der Waals surface area contributed by atoms with Crippen molar-refractivity contribution in [2.75, 3.05) is 11.9 Å². The highest BCUT2D eigenvalue weighted by Crippen LogP contribution is 2.35. The highest BCUT2D eigenvalue weighted by molar-refractivity contribution is 5.92. The number of carbonyl (C=O) groups excluding carboxylic acids is 1. The van der Waals surface area contributed by atoms with Crippen LogP contribution in [0.3, 0.4) is 0 Å². The van der Waals surface area contributed by atoms with Crippen molar-refractivity contribution in [2.24, 2.45) is 0 Å². The lowest BCUT2D eigenvalue weighted by atomic mass is 10.1. The molecule has 0 radical (unpaired) electrons. The number of alkyl halides is 3. The number of amides is 2. The first-order valence-corrected chi connectivity index (χ1v) is 6.24. The van der Waals surface area contributed by atoms with E-state index in [1.54, 1.807) is 0 Å². The fourth-order valence-corrected chi connectivity index (χ4v) is 1.92. The highest BCUT2D eigenvalue weighted by Gasteiger charge is 2.36. The summed E-state index contributed by atoms with van der Waals surface area (Å²) in [6.45, 7) is -0.537. The minimum absolute atomic E-state index is 0.223. The molecule has 114 valence electrons. The van der Waals surface area contributed by atoms with Crippen LogP contribution in [-0.4, -0.2) is 34.6 Å². The molecule has 1 aromatic carbocycles. The SMILES string of the molecule is O=C(O)CN(C(=O)Nc1ccccc1C(F)(F)F)C1CC1. The summed E-state index contributed by atoms with van der Waals surface area (Å²) in [7, 11) is 0. The van der Waals surface area contributed by atoms with Crippen LogP contribution in [0.4, 0.5) is 23.7 Å². The number of anilines is 1. The van der Waals surface area contributed by atoms with Gasteiger partial charge in [0.15, 0.2) is 0 Å². The second-order valence-corrected chi connectivity index (χ2v) is 4.73. The fraction of sp³-hybridized carbons (Fsp3) is 0.385. The summed E-state index contributed by atoms with van der Waals surface area (Å²) in [6.07, 6.45) is -3.29. The van der Waals surface area contributed by atoms with Gasteiger partial charge in [-0.05, 0) is 25.0 Å². The maximum Gasteiger partial charge on any atom is 0.418 e. The van der Waals surface area contributed by atoms with Gasteiger partial charge in [-0.15, -0.1) is 0 Å². The van der Waals surface area contributed by atoms with Crippen LogP contribution in [0.25, 0.3) is 0 Å². The van der Waals surface area contributed by atoms with E-state index in [1.165, 1.54) is 12.1 Å². The predicted octanol–water partition coefficient (Wildman–Crippen LogP) is 2.79. The zero-order valence-corrected chi connectivity index (χ0v) is 10.9. The van der Waals surface area contributed by atoms with Crippen LogP contribution in [0.15, 0.2) is 24.3 Å². The van der Waals surface area contributed by atoms with Crippen molar-refractivity contribution < 1.29 is 27.9 Å². The number of carbonyl (C=O) groups is 2. The number of urea groups is 1. The number of benzene rings is 1. The Morgan fingerprint density at radius 2 is 1.90 bits per heavy atom. The second kappa shape index (κ2) is 5.63. The summed E-state index contributed by atoms with van der Waals surface area (Å²) in [4.78, 5) is 23.8. The Hall–Kier alpha value is -2.25. The molecular formula is C13H13F3N2O3. The molecule has 5 nitrogen and oxygen atoms in total. The number of aliphatic carboxylic acids is 1. The van der Waals surface area contributed by atoms with E-state index in [0.29, 0.717) is 12.8 Å². The minimum atomic E-state index is -4.60. The molecule has 0 spiro atoms. The van der Waals surface area contributed by atoms with E-state index >= 15 is 0 Å². The van der Waals surface area contributed by atoms with E-state index in [1.807, 2.05) is 0 Å². The zero-order chi connectivity index (χ0) is 15.6. The molecule has 0 heterocycles. The van der Waals surface area contributed by atoms with Gasteiger partial charge in [0.25, 0.3) is 0 Å². The Morgan fingerprint density at radius 3 is 2.43 bits per heavy atom. The van der Waals surface area contributed by atoms with Gasteiger partial charge in [0.1, 0.15) is 6.54 Å². The summed E-state index contributed by atoms with van der Waals surface area (Å²) < 4.78 is 38.5. The average molecular weight is 302 g/mol. The van der Waals surface area contributed by atoms with E-state index in [4.69, 9.17) is 5.11 Å². The topological polar surface area (TPSA) is 69.6 Å². The third kappa shape index (κ3) is 3.87. The molecule has 1 saturated carbocycles. The first kappa shape index (κ1) is 15.1. The lowest BCUT2D eigenvalue weighted by molar-refractivity contribution is -0.138. The number of halogens is 3. The number of nitrogens with one attached hydrogen (secondary N) is 1. The van der Waals surface area contributed by atoms with Crippen LogP contribution in [-0.2, 0) is 11.0 Å². The normalized spacial score (nSPS) is 14.6. The van der Waals surface area contributed by atoms with Crippen LogP contribution < -0.4 is 5.32 Å². The molecule has 0 bridgehead atoms. The van der Waals surface area contributed by atoms with Gasteiger partial charge in [-0.1, -0.05) is 12.1 Å². The molecule has 2 amide bonds. The number of carboxylic acids is 1. The highest BCUT2D eigenvalue weighted by atomic mass is 19.4. The van der Waals surface area contributed by atoms with Crippen LogP contribution in [0.2, 0.25) is 0 Å². The number of carboxylic acid groups (broad SMARTS) is 1. The van der Waals surface area contributed by atoms with E-state index in [-0.39, 0.29) is 11.7 Å². The summed E-state index contributed by atoms with van der Waals surface area (Å²) >= 11 is 0. The Bertz CT molecular complexity index is 556. The first-order valence-electron chi connectivity index (χ1n) is 6.24. The van der Waals surface area contributed by atoms with Crippen molar-refractivity contribution >= 4 is 17.7 Å². The van der Waals surface area contributed by atoms with Crippen LogP contribution in [0.1, 0.15) is 18.4 Å². The fourth-order valence-electron chi connectivity index (χ4n) is 1.92.